The molecule has 9 heteroatoms. The second-order valence-corrected chi connectivity index (χ2v) is 8.62. The maximum Gasteiger partial charge on any atom is 0.232 e. The first kappa shape index (κ1) is 21.8. The topological polar surface area (TPSA) is 99.9 Å². The van der Waals surface area contributed by atoms with Crippen LogP contribution in [0, 0.1) is 11.3 Å². The highest BCUT2D eigenvalue weighted by Gasteiger charge is 2.11. The van der Waals surface area contributed by atoms with Gasteiger partial charge in [-0.2, -0.15) is 5.26 Å². The lowest BCUT2D eigenvalue weighted by molar-refractivity contribution is 0.122. The van der Waals surface area contributed by atoms with Crippen LogP contribution in [0.15, 0.2) is 83.1 Å². The van der Waals surface area contributed by atoms with E-state index < -0.39 is 0 Å². The highest BCUT2D eigenvalue weighted by molar-refractivity contribution is 7.99. The van der Waals surface area contributed by atoms with Crippen molar-refractivity contribution in [2.45, 2.75) is 9.92 Å². The SMILES string of the molecule is N#Cc1ncc(-c2ccc(Sc3ccnc(Nc4ccc(N5CCOCC5)cc4)n3)cc2)cn1. The third-order valence-electron chi connectivity index (χ3n) is 5.29. The summed E-state index contributed by atoms with van der Waals surface area (Å²) >= 11 is 1.56. The number of ether oxygens (including phenoxy) is 1. The summed E-state index contributed by atoms with van der Waals surface area (Å²) in [6, 6.07) is 20.2. The highest BCUT2D eigenvalue weighted by Crippen LogP contribution is 2.29. The number of hydrogen-bond donors (Lipinski definition) is 1. The molecule has 1 saturated heterocycles. The van der Waals surface area contributed by atoms with Crippen LogP contribution in [0.2, 0.25) is 0 Å². The summed E-state index contributed by atoms with van der Waals surface area (Å²) in [6.07, 6.45) is 5.06. The molecule has 1 fully saturated rings. The van der Waals surface area contributed by atoms with Gasteiger partial charge in [0.05, 0.1) is 13.2 Å². The number of nitrogens with zero attached hydrogens (tertiary/aromatic N) is 6. The van der Waals surface area contributed by atoms with Crippen molar-refractivity contribution in [2.24, 2.45) is 0 Å². The van der Waals surface area contributed by atoms with E-state index in [1.807, 2.05) is 48.5 Å². The molecule has 168 valence electrons. The first-order valence-electron chi connectivity index (χ1n) is 10.8. The van der Waals surface area contributed by atoms with Crippen LogP contribution in [-0.4, -0.2) is 46.2 Å². The van der Waals surface area contributed by atoms with Gasteiger partial charge in [0, 0.05) is 53.5 Å². The molecular formula is C25H21N7OS. The average molecular weight is 468 g/mol. The molecule has 2 aromatic heterocycles. The normalized spacial score (nSPS) is 13.3. The summed E-state index contributed by atoms with van der Waals surface area (Å²) in [5, 5.41) is 13.0. The Bertz CT molecular complexity index is 1280. The Morgan fingerprint density at radius 2 is 1.62 bits per heavy atom. The molecule has 8 nitrogen and oxygen atoms in total. The quantitative estimate of drug-likeness (QED) is 0.410. The fourth-order valence-electron chi connectivity index (χ4n) is 3.54. The first-order valence-corrected chi connectivity index (χ1v) is 11.6. The molecule has 0 aliphatic carbocycles. The number of anilines is 3. The van der Waals surface area contributed by atoms with Crippen molar-refractivity contribution in [3.05, 3.63) is 79.0 Å². The Kier molecular flexibility index (Phi) is 6.61. The molecule has 4 aromatic rings. The second-order valence-electron chi connectivity index (χ2n) is 7.52. The maximum absolute atomic E-state index is 8.84. The third-order valence-corrected chi connectivity index (χ3v) is 6.24. The number of nitrogens with one attached hydrogen (secondary N) is 1. The Hall–Kier alpha value is -4.00. The smallest absolute Gasteiger partial charge is 0.232 e. The Balaban J connectivity index is 1.23. The van der Waals surface area contributed by atoms with E-state index in [2.05, 4.69) is 42.3 Å². The zero-order valence-electron chi connectivity index (χ0n) is 18.3. The van der Waals surface area contributed by atoms with Gasteiger partial charge in [0.1, 0.15) is 11.1 Å². The largest absolute Gasteiger partial charge is 0.378 e. The van der Waals surface area contributed by atoms with E-state index in [4.69, 9.17) is 10.00 Å². The van der Waals surface area contributed by atoms with Gasteiger partial charge in [-0.1, -0.05) is 23.9 Å². The van der Waals surface area contributed by atoms with Gasteiger partial charge in [0.25, 0.3) is 0 Å². The standard InChI is InChI=1S/C25H21N7OS/c26-15-23-28-16-19(17-29-23)18-1-7-22(8-2-18)34-24-9-10-27-25(31-24)30-20-3-5-21(6-4-20)32-11-13-33-14-12-32/h1-10,16-17H,11-14H2,(H,27,30,31). The fourth-order valence-corrected chi connectivity index (χ4v) is 4.31. The molecule has 0 spiro atoms. The molecule has 3 heterocycles. The number of nitriles is 1. The van der Waals surface area contributed by atoms with E-state index in [-0.39, 0.29) is 5.82 Å². The predicted molar refractivity (Wildman–Crippen MR) is 131 cm³/mol. The number of aromatic nitrogens is 4. The second kappa shape index (κ2) is 10.3. The minimum Gasteiger partial charge on any atom is -0.378 e. The minimum absolute atomic E-state index is 0.164. The molecule has 1 N–H and O–H groups in total. The number of benzene rings is 2. The monoisotopic (exact) mass is 467 g/mol. The van der Waals surface area contributed by atoms with Crippen LogP contribution >= 0.6 is 11.8 Å². The average Bonchev–Trinajstić information content (AvgIpc) is 2.90. The van der Waals surface area contributed by atoms with Crippen molar-refractivity contribution in [1.82, 2.24) is 19.9 Å². The van der Waals surface area contributed by atoms with Gasteiger partial charge in [-0.3, -0.25) is 0 Å². The van der Waals surface area contributed by atoms with Gasteiger partial charge in [-0.15, -0.1) is 0 Å². The summed E-state index contributed by atoms with van der Waals surface area (Å²) in [6.45, 7) is 3.37. The molecule has 5 rings (SSSR count). The molecule has 0 amide bonds. The molecule has 0 bridgehead atoms. The fraction of sp³-hybridized carbons (Fsp3) is 0.160. The molecule has 0 unspecified atom stereocenters. The molecule has 1 aliphatic rings. The summed E-state index contributed by atoms with van der Waals surface area (Å²) < 4.78 is 5.42. The van der Waals surface area contributed by atoms with Crippen LogP contribution in [0.1, 0.15) is 5.82 Å². The Morgan fingerprint density at radius 3 is 2.32 bits per heavy atom. The predicted octanol–water partition coefficient (Wildman–Crippen LogP) is 4.54. The van der Waals surface area contributed by atoms with Crippen LogP contribution in [0.5, 0.6) is 0 Å². The summed E-state index contributed by atoms with van der Waals surface area (Å²) in [4.78, 5) is 20.4. The molecule has 1 aliphatic heterocycles. The van der Waals surface area contributed by atoms with Gasteiger partial charge in [-0.05, 0) is 48.0 Å². The summed E-state index contributed by atoms with van der Waals surface area (Å²) in [5.74, 6) is 0.715. The molecular weight excluding hydrogens is 446 g/mol. The van der Waals surface area contributed by atoms with Crippen molar-refractivity contribution in [1.29, 1.82) is 5.26 Å². The number of rotatable bonds is 6. The lowest BCUT2D eigenvalue weighted by Gasteiger charge is -2.28. The molecule has 0 radical (unpaired) electrons. The Morgan fingerprint density at radius 1 is 0.882 bits per heavy atom. The lowest BCUT2D eigenvalue weighted by atomic mass is 10.1. The maximum atomic E-state index is 8.84. The number of morpholine rings is 1. The first-order chi connectivity index (χ1) is 16.8. The van der Waals surface area contributed by atoms with Crippen LogP contribution in [-0.2, 0) is 4.74 Å². The lowest BCUT2D eigenvalue weighted by Crippen LogP contribution is -2.36. The van der Waals surface area contributed by atoms with Crippen LogP contribution in [0.4, 0.5) is 17.3 Å². The van der Waals surface area contributed by atoms with Crippen LogP contribution < -0.4 is 10.2 Å². The molecule has 0 saturated carbocycles. The van der Waals surface area contributed by atoms with Crippen molar-refractivity contribution in [3.63, 3.8) is 0 Å². The van der Waals surface area contributed by atoms with Crippen molar-refractivity contribution in [2.75, 3.05) is 36.5 Å². The van der Waals surface area contributed by atoms with E-state index in [1.54, 1.807) is 30.4 Å². The molecule has 2 aromatic carbocycles. The van der Waals surface area contributed by atoms with E-state index in [9.17, 15) is 0 Å². The van der Waals surface area contributed by atoms with Crippen molar-refractivity contribution >= 4 is 29.1 Å². The van der Waals surface area contributed by atoms with E-state index >= 15 is 0 Å². The van der Waals surface area contributed by atoms with Gasteiger partial charge < -0.3 is 15.0 Å². The highest BCUT2D eigenvalue weighted by atomic mass is 32.2. The van der Waals surface area contributed by atoms with E-state index in [0.29, 0.717) is 5.95 Å². The van der Waals surface area contributed by atoms with Crippen molar-refractivity contribution < 1.29 is 4.74 Å². The molecule has 0 atom stereocenters. The van der Waals surface area contributed by atoms with E-state index in [1.165, 1.54) is 5.69 Å². The zero-order chi connectivity index (χ0) is 23.2. The van der Waals surface area contributed by atoms with Gasteiger partial charge >= 0.3 is 0 Å². The minimum atomic E-state index is 0.164. The summed E-state index contributed by atoms with van der Waals surface area (Å²) in [7, 11) is 0. The van der Waals surface area contributed by atoms with Gasteiger partial charge in [-0.25, -0.2) is 19.9 Å². The van der Waals surface area contributed by atoms with Crippen LogP contribution in [0.25, 0.3) is 11.1 Å². The third kappa shape index (κ3) is 5.31. The van der Waals surface area contributed by atoms with Gasteiger partial charge in [0.2, 0.25) is 11.8 Å². The Labute approximate surface area is 201 Å². The van der Waals surface area contributed by atoms with Crippen LogP contribution in [0.3, 0.4) is 0 Å². The number of hydrogen-bond acceptors (Lipinski definition) is 9. The van der Waals surface area contributed by atoms with Crippen molar-refractivity contribution in [3.8, 4) is 17.2 Å². The van der Waals surface area contributed by atoms with E-state index in [0.717, 1.165) is 53.0 Å². The van der Waals surface area contributed by atoms with Gasteiger partial charge in [0.15, 0.2) is 0 Å². The molecule has 34 heavy (non-hydrogen) atoms. The summed E-state index contributed by atoms with van der Waals surface area (Å²) in [5.41, 5.74) is 3.98. The zero-order valence-corrected chi connectivity index (χ0v) is 19.1.